The molecule has 88 valence electrons. The third kappa shape index (κ3) is 2.01. The number of aromatic nitrogens is 2. The molecule has 0 saturated carbocycles. The first kappa shape index (κ1) is 10.3. The number of nitrogens with one attached hydrogen (secondary N) is 1. The van der Waals surface area contributed by atoms with E-state index in [1.165, 1.54) is 0 Å². The van der Waals surface area contributed by atoms with E-state index >= 15 is 0 Å². The van der Waals surface area contributed by atoms with E-state index in [1.807, 2.05) is 24.3 Å². The van der Waals surface area contributed by atoms with E-state index in [-0.39, 0.29) is 6.10 Å². The molecule has 1 saturated heterocycles. The van der Waals surface area contributed by atoms with Gasteiger partial charge in [0.1, 0.15) is 11.9 Å². The van der Waals surface area contributed by atoms with Gasteiger partial charge in [-0.15, -0.1) is 0 Å². The van der Waals surface area contributed by atoms with Crippen molar-refractivity contribution in [1.29, 1.82) is 0 Å². The van der Waals surface area contributed by atoms with Crippen LogP contribution in [-0.2, 0) is 0 Å². The summed E-state index contributed by atoms with van der Waals surface area (Å²) in [5.74, 6) is 0.469. The number of nitrogens with two attached hydrogens (primary N) is 1. The number of anilines is 1. The Hall–Kier alpha value is -1.88. The number of hydrogen-bond donors (Lipinski definition) is 2. The molecule has 17 heavy (non-hydrogen) atoms. The molecule has 2 aromatic rings. The second-order valence-electron chi connectivity index (χ2n) is 4.14. The lowest BCUT2D eigenvalue weighted by Crippen LogP contribution is -2.20. The van der Waals surface area contributed by atoms with Gasteiger partial charge in [-0.3, -0.25) is 0 Å². The first-order chi connectivity index (χ1) is 8.33. The second kappa shape index (κ2) is 4.18. The van der Waals surface area contributed by atoms with Crippen molar-refractivity contribution in [2.75, 3.05) is 18.8 Å². The monoisotopic (exact) mass is 230 g/mol. The van der Waals surface area contributed by atoms with Crippen LogP contribution in [0, 0.1) is 0 Å². The number of nitrogen functional groups attached to an aromatic ring is 1. The molecule has 1 aromatic carbocycles. The van der Waals surface area contributed by atoms with Gasteiger partial charge >= 0.3 is 6.01 Å². The lowest BCUT2D eigenvalue weighted by Gasteiger charge is -2.11. The number of rotatable bonds is 2. The second-order valence-corrected chi connectivity index (χ2v) is 4.14. The van der Waals surface area contributed by atoms with Gasteiger partial charge < -0.3 is 15.8 Å². The molecule has 0 radical (unpaired) electrons. The van der Waals surface area contributed by atoms with E-state index in [0.29, 0.717) is 11.8 Å². The van der Waals surface area contributed by atoms with E-state index in [1.54, 1.807) is 0 Å². The van der Waals surface area contributed by atoms with Gasteiger partial charge in [-0.1, -0.05) is 12.1 Å². The van der Waals surface area contributed by atoms with Gasteiger partial charge in [0.15, 0.2) is 0 Å². The molecule has 1 aliphatic heterocycles. The molecule has 1 aromatic heterocycles. The Morgan fingerprint density at radius 1 is 1.29 bits per heavy atom. The van der Waals surface area contributed by atoms with Gasteiger partial charge in [0.2, 0.25) is 0 Å². The fourth-order valence-electron chi connectivity index (χ4n) is 2.01. The van der Waals surface area contributed by atoms with Crippen LogP contribution in [0.15, 0.2) is 24.3 Å². The number of nitrogens with zero attached hydrogens (tertiary/aromatic N) is 2. The van der Waals surface area contributed by atoms with Crippen molar-refractivity contribution in [3.8, 4) is 6.01 Å². The molecule has 1 aliphatic rings. The van der Waals surface area contributed by atoms with Crippen molar-refractivity contribution in [3.63, 3.8) is 0 Å². The lowest BCUT2D eigenvalue weighted by atomic mass is 10.2. The van der Waals surface area contributed by atoms with Crippen molar-refractivity contribution in [1.82, 2.24) is 15.3 Å². The van der Waals surface area contributed by atoms with Crippen LogP contribution in [0.5, 0.6) is 6.01 Å². The van der Waals surface area contributed by atoms with E-state index in [9.17, 15) is 0 Å². The van der Waals surface area contributed by atoms with Crippen LogP contribution in [0.25, 0.3) is 10.9 Å². The topological polar surface area (TPSA) is 73.1 Å². The third-order valence-corrected chi connectivity index (χ3v) is 2.90. The summed E-state index contributed by atoms with van der Waals surface area (Å²) in [6, 6.07) is 8.03. The molecule has 0 bridgehead atoms. The fraction of sp³-hybridized carbons (Fsp3) is 0.333. The van der Waals surface area contributed by atoms with E-state index in [0.717, 1.165) is 30.4 Å². The summed E-state index contributed by atoms with van der Waals surface area (Å²) in [6.45, 7) is 1.82. The number of ether oxygens (including phenoxy) is 1. The summed E-state index contributed by atoms with van der Waals surface area (Å²) in [5.41, 5.74) is 6.70. The quantitative estimate of drug-likeness (QED) is 0.803. The molecule has 3 N–H and O–H groups in total. The van der Waals surface area contributed by atoms with Crippen LogP contribution in [0.3, 0.4) is 0 Å². The van der Waals surface area contributed by atoms with Crippen LogP contribution in [0.2, 0.25) is 0 Å². The zero-order chi connectivity index (χ0) is 11.7. The summed E-state index contributed by atoms with van der Waals surface area (Å²) >= 11 is 0. The summed E-state index contributed by atoms with van der Waals surface area (Å²) in [4.78, 5) is 8.54. The highest BCUT2D eigenvalue weighted by Gasteiger charge is 2.17. The third-order valence-electron chi connectivity index (χ3n) is 2.90. The largest absolute Gasteiger partial charge is 0.459 e. The summed E-state index contributed by atoms with van der Waals surface area (Å²) in [7, 11) is 0. The Labute approximate surface area is 99.0 Å². The molecule has 5 nitrogen and oxygen atoms in total. The molecule has 1 atom stereocenters. The summed E-state index contributed by atoms with van der Waals surface area (Å²) in [5, 5.41) is 4.10. The van der Waals surface area contributed by atoms with Crippen LogP contribution < -0.4 is 15.8 Å². The van der Waals surface area contributed by atoms with Crippen LogP contribution >= 0.6 is 0 Å². The predicted molar refractivity (Wildman–Crippen MR) is 65.9 cm³/mol. The van der Waals surface area contributed by atoms with Gasteiger partial charge in [-0.05, 0) is 25.1 Å². The maximum Gasteiger partial charge on any atom is 0.319 e. The first-order valence-electron chi connectivity index (χ1n) is 5.72. The molecule has 3 rings (SSSR count). The van der Waals surface area contributed by atoms with E-state index < -0.39 is 0 Å². The number of fused-ring (bicyclic) bond motifs is 1. The predicted octanol–water partition coefficient (Wildman–Crippen LogP) is 0.953. The number of para-hydroxylation sites is 1. The molecule has 0 amide bonds. The zero-order valence-electron chi connectivity index (χ0n) is 9.39. The van der Waals surface area contributed by atoms with E-state index in [2.05, 4.69) is 15.3 Å². The lowest BCUT2D eigenvalue weighted by molar-refractivity contribution is 0.205. The number of hydrogen-bond acceptors (Lipinski definition) is 5. The molecule has 5 heteroatoms. The van der Waals surface area contributed by atoms with Crippen LogP contribution in [0.1, 0.15) is 6.42 Å². The van der Waals surface area contributed by atoms with Gasteiger partial charge in [-0.2, -0.15) is 9.97 Å². The zero-order valence-corrected chi connectivity index (χ0v) is 9.39. The molecular weight excluding hydrogens is 216 g/mol. The SMILES string of the molecule is Nc1nc(OC2CCNC2)nc2ccccc12. The highest BCUT2D eigenvalue weighted by Crippen LogP contribution is 2.21. The van der Waals surface area contributed by atoms with Crippen molar-refractivity contribution in [3.05, 3.63) is 24.3 Å². The molecular formula is C12H14N4O. The van der Waals surface area contributed by atoms with Crippen molar-refractivity contribution in [2.45, 2.75) is 12.5 Å². The van der Waals surface area contributed by atoms with Crippen molar-refractivity contribution < 1.29 is 4.74 Å². The Morgan fingerprint density at radius 3 is 3.00 bits per heavy atom. The highest BCUT2D eigenvalue weighted by molar-refractivity contribution is 5.88. The maximum absolute atomic E-state index is 5.88. The minimum atomic E-state index is 0.149. The molecule has 1 unspecified atom stereocenters. The Morgan fingerprint density at radius 2 is 2.18 bits per heavy atom. The minimum absolute atomic E-state index is 0.149. The normalized spacial score (nSPS) is 19.6. The van der Waals surface area contributed by atoms with Gasteiger partial charge in [0.05, 0.1) is 5.52 Å². The highest BCUT2D eigenvalue weighted by atomic mass is 16.5. The van der Waals surface area contributed by atoms with Gasteiger partial charge in [-0.25, -0.2) is 0 Å². The van der Waals surface area contributed by atoms with Crippen LogP contribution in [-0.4, -0.2) is 29.2 Å². The standard InChI is InChI=1S/C12H14N4O/c13-11-9-3-1-2-4-10(9)15-12(16-11)17-8-5-6-14-7-8/h1-4,8,14H,5-7H2,(H2,13,15,16). The Balaban J connectivity index is 1.94. The molecule has 2 heterocycles. The fourth-order valence-corrected chi connectivity index (χ4v) is 2.01. The van der Waals surface area contributed by atoms with Gasteiger partial charge in [0, 0.05) is 11.9 Å². The van der Waals surface area contributed by atoms with Gasteiger partial charge in [0.25, 0.3) is 0 Å². The average molecular weight is 230 g/mol. The van der Waals surface area contributed by atoms with Crippen LogP contribution in [0.4, 0.5) is 5.82 Å². The minimum Gasteiger partial charge on any atom is -0.459 e. The van der Waals surface area contributed by atoms with Crippen molar-refractivity contribution in [2.24, 2.45) is 0 Å². The smallest absolute Gasteiger partial charge is 0.319 e. The first-order valence-corrected chi connectivity index (χ1v) is 5.72. The van der Waals surface area contributed by atoms with E-state index in [4.69, 9.17) is 10.5 Å². The molecule has 0 aliphatic carbocycles. The maximum atomic E-state index is 5.88. The Kier molecular flexibility index (Phi) is 2.53. The Bertz CT molecular complexity index is 537. The average Bonchev–Trinajstić information content (AvgIpc) is 2.82. The van der Waals surface area contributed by atoms with Crippen molar-refractivity contribution >= 4 is 16.7 Å². The molecule has 1 fully saturated rings. The summed E-state index contributed by atoms with van der Waals surface area (Å²) < 4.78 is 5.70. The number of benzene rings is 1. The summed E-state index contributed by atoms with van der Waals surface area (Å²) in [6.07, 6.45) is 1.13. The molecule has 0 spiro atoms.